The Bertz CT molecular complexity index is 1410. The highest BCUT2D eigenvalue weighted by atomic mass is 35.5. The monoisotopic (exact) mass is 549 g/mol. The smallest absolute Gasteiger partial charge is 0.312 e. The molecule has 0 radical (unpaired) electrons. The number of nitrogens with zero attached hydrogens (tertiary/aromatic N) is 1. The number of aromatic nitrogens is 1. The molecular weight excluding hydrogens is 521 g/mol. The molecule has 0 amide bonds. The summed E-state index contributed by atoms with van der Waals surface area (Å²) in [4.78, 5) is 16.7. The molecule has 6 nitrogen and oxygen atoms in total. The first-order chi connectivity index (χ1) is 19.0. The van der Waals surface area contributed by atoms with Crippen molar-refractivity contribution in [2.75, 3.05) is 13.2 Å². The van der Waals surface area contributed by atoms with Crippen LogP contribution in [-0.4, -0.2) is 30.3 Å². The molecule has 1 saturated heterocycles. The van der Waals surface area contributed by atoms with Gasteiger partial charge in [0.2, 0.25) is 5.88 Å². The van der Waals surface area contributed by atoms with Crippen molar-refractivity contribution in [1.29, 1.82) is 0 Å². The molecule has 0 N–H and O–H groups in total. The molecule has 1 aliphatic heterocycles. The van der Waals surface area contributed by atoms with Gasteiger partial charge in [0.15, 0.2) is 11.5 Å². The van der Waals surface area contributed by atoms with E-state index in [2.05, 4.69) is 16.8 Å². The molecule has 5 rings (SSSR count). The number of esters is 1. The zero-order valence-electron chi connectivity index (χ0n) is 21.7. The van der Waals surface area contributed by atoms with Gasteiger partial charge in [-0.2, -0.15) is 0 Å². The zero-order chi connectivity index (χ0) is 27.2. The number of fused-ring (bicyclic) bond motifs is 1. The normalized spacial score (nSPS) is 16.6. The highest BCUT2D eigenvalue weighted by Gasteiger charge is 2.31. The van der Waals surface area contributed by atoms with Gasteiger partial charge in [0.05, 0.1) is 19.6 Å². The number of para-hydroxylation sites is 2. The predicted octanol–water partition coefficient (Wildman–Crippen LogP) is 6.87. The summed E-state index contributed by atoms with van der Waals surface area (Å²) in [5.41, 5.74) is 2.97. The lowest BCUT2D eigenvalue weighted by Gasteiger charge is -2.23. The number of benzene rings is 2. The Morgan fingerprint density at radius 1 is 1.13 bits per heavy atom. The number of rotatable bonds is 8. The minimum absolute atomic E-state index is 0.0229. The third-order valence-corrected chi connectivity index (χ3v) is 7.09. The van der Waals surface area contributed by atoms with E-state index in [0.717, 1.165) is 29.5 Å². The Kier molecular flexibility index (Phi) is 8.65. The molecule has 3 aromatic rings. The van der Waals surface area contributed by atoms with E-state index in [1.54, 1.807) is 43.5 Å². The van der Waals surface area contributed by atoms with E-state index < -0.39 is 12.1 Å². The summed E-state index contributed by atoms with van der Waals surface area (Å²) in [6, 6.07) is 11.9. The van der Waals surface area contributed by atoms with Gasteiger partial charge in [0.1, 0.15) is 23.0 Å². The molecule has 8 heteroatoms. The van der Waals surface area contributed by atoms with Gasteiger partial charge in [0, 0.05) is 36.6 Å². The lowest BCUT2D eigenvalue weighted by Crippen LogP contribution is -2.26. The van der Waals surface area contributed by atoms with Crippen molar-refractivity contribution in [3.8, 4) is 40.3 Å². The maximum absolute atomic E-state index is 15.2. The van der Waals surface area contributed by atoms with Crippen molar-refractivity contribution < 1.29 is 28.1 Å². The Labute approximate surface area is 232 Å². The molecule has 0 saturated carbocycles. The lowest BCUT2D eigenvalue weighted by molar-refractivity contribution is -0.134. The minimum atomic E-state index is -0.537. The van der Waals surface area contributed by atoms with E-state index >= 15 is 4.39 Å². The fraction of sp³-hybridized carbons (Fsp3) is 0.355. The van der Waals surface area contributed by atoms with Crippen LogP contribution < -0.4 is 14.2 Å². The molecule has 2 aromatic carbocycles. The second-order valence-corrected chi connectivity index (χ2v) is 9.83. The summed E-state index contributed by atoms with van der Waals surface area (Å²) in [7, 11) is 0. The fourth-order valence-electron chi connectivity index (χ4n) is 4.92. The molecule has 39 heavy (non-hydrogen) atoms. The van der Waals surface area contributed by atoms with Crippen LogP contribution in [0.1, 0.15) is 56.3 Å². The molecule has 0 bridgehead atoms. The molecule has 1 aliphatic carbocycles. The van der Waals surface area contributed by atoms with Crippen molar-refractivity contribution in [3.63, 3.8) is 0 Å². The molecule has 202 valence electrons. The second kappa shape index (κ2) is 12.5. The average Bonchev–Trinajstić information content (AvgIpc) is 3.36. The first kappa shape index (κ1) is 27.0. The standard InChI is InChI=1S/C31H29ClFNO5/c1-2-3-4-9-29(35)39-27-8-6-5-7-26(27)38-28-13-11-23-22(10-12-25(33)30(23)28)20-18-24(32)31(34-19-20)37-21-14-16-36-17-15-21/h5-8,10,12,18-19,21,28H,4,9,11,13-17H2,1H3/t28-/m1/s1. The summed E-state index contributed by atoms with van der Waals surface area (Å²) in [5, 5.41) is 0.406. The van der Waals surface area contributed by atoms with Crippen LogP contribution in [0.25, 0.3) is 11.1 Å². The summed E-state index contributed by atoms with van der Waals surface area (Å²) in [6.45, 7) is 3.04. The van der Waals surface area contributed by atoms with E-state index in [-0.39, 0.29) is 18.3 Å². The number of pyridine rings is 1. The minimum Gasteiger partial charge on any atom is -0.482 e. The number of carbonyl (C=O) groups is 1. The summed E-state index contributed by atoms with van der Waals surface area (Å²) in [5.74, 6) is 5.94. The van der Waals surface area contributed by atoms with Gasteiger partial charge in [-0.1, -0.05) is 29.8 Å². The van der Waals surface area contributed by atoms with Crippen molar-refractivity contribution >= 4 is 17.6 Å². The van der Waals surface area contributed by atoms with Crippen LogP contribution in [0.4, 0.5) is 4.39 Å². The first-order valence-electron chi connectivity index (χ1n) is 13.1. The lowest BCUT2D eigenvalue weighted by atomic mass is 9.97. The number of halogens is 2. The number of ether oxygens (including phenoxy) is 4. The number of hydrogen-bond acceptors (Lipinski definition) is 6. The van der Waals surface area contributed by atoms with Crippen LogP contribution in [0, 0.1) is 17.7 Å². The van der Waals surface area contributed by atoms with Crippen molar-refractivity contribution in [2.24, 2.45) is 0 Å². The molecule has 2 heterocycles. The quantitative estimate of drug-likeness (QED) is 0.173. The molecule has 1 aromatic heterocycles. The highest BCUT2D eigenvalue weighted by molar-refractivity contribution is 6.32. The van der Waals surface area contributed by atoms with E-state index in [1.807, 2.05) is 6.07 Å². The third-order valence-electron chi connectivity index (χ3n) is 6.82. The van der Waals surface area contributed by atoms with Crippen molar-refractivity contribution in [2.45, 2.75) is 57.7 Å². The van der Waals surface area contributed by atoms with E-state index in [0.29, 0.717) is 60.4 Å². The summed E-state index contributed by atoms with van der Waals surface area (Å²) < 4.78 is 38.3. The van der Waals surface area contributed by atoms with Crippen LogP contribution in [0.15, 0.2) is 48.7 Å². The second-order valence-electron chi connectivity index (χ2n) is 9.42. The van der Waals surface area contributed by atoms with Gasteiger partial charge in [-0.25, -0.2) is 9.37 Å². The molecule has 1 fully saturated rings. The van der Waals surface area contributed by atoms with Crippen LogP contribution in [-0.2, 0) is 16.0 Å². The van der Waals surface area contributed by atoms with Gasteiger partial charge in [-0.15, -0.1) is 11.8 Å². The maximum Gasteiger partial charge on any atom is 0.312 e. The topological polar surface area (TPSA) is 66.9 Å². The van der Waals surface area contributed by atoms with Gasteiger partial charge in [0.25, 0.3) is 0 Å². The molecule has 0 unspecified atom stereocenters. The van der Waals surface area contributed by atoms with Gasteiger partial charge >= 0.3 is 5.97 Å². The van der Waals surface area contributed by atoms with E-state index in [4.69, 9.17) is 30.5 Å². The number of hydrogen-bond donors (Lipinski definition) is 0. The van der Waals surface area contributed by atoms with Crippen LogP contribution in [0.2, 0.25) is 5.02 Å². The third kappa shape index (κ3) is 6.35. The van der Waals surface area contributed by atoms with Crippen LogP contribution in [0.3, 0.4) is 0 Å². The number of carbonyl (C=O) groups excluding carboxylic acids is 1. The largest absolute Gasteiger partial charge is 0.482 e. The van der Waals surface area contributed by atoms with Crippen molar-refractivity contribution in [1.82, 2.24) is 4.98 Å². The van der Waals surface area contributed by atoms with Gasteiger partial charge < -0.3 is 18.9 Å². The molecular formula is C31H29ClFNO5. The Morgan fingerprint density at radius 2 is 1.92 bits per heavy atom. The molecule has 2 aliphatic rings. The Hall–Kier alpha value is -3.60. The van der Waals surface area contributed by atoms with Crippen LogP contribution >= 0.6 is 11.6 Å². The summed E-state index contributed by atoms with van der Waals surface area (Å²) >= 11 is 6.55. The highest BCUT2D eigenvalue weighted by Crippen LogP contribution is 2.43. The van der Waals surface area contributed by atoms with Crippen molar-refractivity contribution in [3.05, 3.63) is 70.6 Å². The summed E-state index contributed by atoms with van der Waals surface area (Å²) in [6.07, 6.45) is 4.57. The zero-order valence-corrected chi connectivity index (χ0v) is 22.4. The van der Waals surface area contributed by atoms with Crippen LogP contribution in [0.5, 0.6) is 17.4 Å². The Balaban J connectivity index is 1.35. The van der Waals surface area contributed by atoms with Gasteiger partial charge in [-0.3, -0.25) is 4.79 Å². The first-order valence-corrected chi connectivity index (χ1v) is 13.5. The SMILES string of the molecule is CC#CCCC(=O)Oc1ccccc1O[C@@H]1CCc2c(-c3cnc(OC4CCOCC4)c(Cl)c3)ccc(F)c21. The molecule has 1 atom stereocenters. The molecule has 0 spiro atoms. The van der Waals surface area contributed by atoms with E-state index in [9.17, 15) is 4.79 Å². The fourth-order valence-corrected chi connectivity index (χ4v) is 5.13. The maximum atomic E-state index is 15.2. The average molecular weight is 550 g/mol. The van der Waals surface area contributed by atoms with E-state index in [1.165, 1.54) is 6.07 Å². The predicted molar refractivity (Wildman–Crippen MR) is 146 cm³/mol. The van der Waals surface area contributed by atoms with Gasteiger partial charge in [-0.05, 0) is 55.2 Å². The Morgan fingerprint density at radius 3 is 2.69 bits per heavy atom.